The zero-order chi connectivity index (χ0) is 30.4. The Kier molecular flexibility index (Phi) is 28.3. The molecule has 0 saturated heterocycles. The van der Waals surface area contributed by atoms with Crippen LogP contribution in [0.5, 0.6) is 0 Å². The highest BCUT2D eigenvalue weighted by molar-refractivity contribution is 5.06. The number of imidazole rings is 1. The van der Waals surface area contributed by atoms with Crippen molar-refractivity contribution in [1.29, 1.82) is 0 Å². The van der Waals surface area contributed by atoms with Crippen LogP contribution in [0.1, 0.15) is 238 Å². The number of rotatable bonds is 33. The van der Waals surface area contributed by atoms with E-state index >= 15 is 0 Å². The first kappa shape index (κ1) is 39.2. The van der Waals surface area contributed by atoms with Crippen LogP contribution in [0.25, 0.3) is 0 Å². The van der Waals surface area contributed by atoms with Crippen LogP contribution in [0.2, 0.25) is 0 Å². The molecule has 248 valence electrons. The number of unbranched alkanes of at least 4 members (excludes halogenated alkanes) is 26. The fraction of sp³-hybridized carbons (Fsp3) is 0.925. The van der Waals surface area contributed by atoms with Gasteiger partial charge in [0.15, 0.2) is 0 Å². The molecule has 1 heterocycles. The summed E-state index contributed by atoms with van der Waals surface area (Å²) in [5.74, 6) is 1.38. The van der Waals surface area contributed by atoms with Gasteiger partial charge in [0.05, 0.1) is 5.69 Å². The lowest BCUT2D eigenvalue weighted by Crippen LogP contribution is -2.08. The first-order valence-electron chi connectivity index (χ1n) is 19.8. The smallest absolute Gasteiger partial charge is 0.109 e. The van der Waals surface area contributed by atoms with Crippen LogP contribution >= 0.6 is 0 Å². The van der Waals surface area contributed by atoms with Crippen molar-refractivity contribution in [3.05, 3.63) is 17.7 Å². The van der Waals surface area contributed by atoms with E-state index in [1.807, 2.05) is 0 Å². The Bertz CT molecular complexity index is 663. The van der Waals surface area contributed by atoms with E-state index < -0.39 is 0 Å². The van der Waals surface area contributed by atoms with Gasteiger partial charge in [-0.05, 0) is 32.6 Å². The molecule has 0 aliphatic carbocycles. The molecule has 0 saturated carbocycles. The second-order valence-corrected chi connectivity index (χ2v) is 13.9. The fourth-order valence-electron chi connectivity index (χ4n) is 6.61. The maximum atomic E-state index is 5.19. The predicted octanol–water partition coefficient (Wildman–Crippen LogP) is 14.3. The molecule has 0 fully saturated rings. The SMILES string of the molecule is CCCCCCCCCCCCCCCCCCCc1nc(CCCCCCCCCCCC)cn1C(C)CCCC. The Morgan fingerprint density at radius 1 is 0.452 bits per heavy atom. The second kappa shape index (κ2) is 30.2. The van der Waals surface area contributed by atoms with Gasteiger partial charge in [-0.3, -0.25) is 0 Å². The molecule has 1 rings (SSSR count). The lowest BCUT2D eigenvalue weighted by atomic mass is 10.0. The molecule has 0 bridgehead atoms. The summed E-state index contributed by atoms with van der Waals surface area (Å²) in [6.07, 6.45) is 47.2. The topological polar surface area (TPSA) is 17.8 Å². The molecule has 0 aromatic carbocycles. The summed E-state index contributed by atoms with van der Waals surface area (Å²) >= 11 is 0. The van der Waals surface area contributed by atoms with Gasteiger partial charge >= 0.3 is 0 Å². The monoisotopic (exact) mass is 587 g/mol. The Labute approximate surface area is 266 Å². The largest absolute Gasteiger partial charge is 0.332 e. The van der Waals surface area contributed by atoms with E-state index in [4.69, 9.17) is 4.98 Å². The summed E-state index contributed by atoms with van der Waals surface area (Å²) < 4.78 is 2.56. The Hall–Kier alpha value is -0.790. The molecule has 0 N–H and O–H groups in total. The van der Waals surface area contributed by atoms with Crippen molar-refractivity contribution in [2.75, 3.05) is 0 Å². The van der Waals surface area contributed by atoms with Crippen LogP contribution in [-0.4, -0.2) is 9.55 Å². The van der Waals surface area contributed by atoms with Crippen LogP contribution in [0.3, 0.4) is 0 Å². The van der Waals surface area contributed by atoms with Crippen molar-refractivity contribution in [2.45, 2.75) is 239 Å². The molecular weight excluding hydrogens is 508 g/mol. The minimum Gasteiger partial charge on any atom is -0.332 e. The summed E-state index contributed by atoms with van der Waals surface area (Å²) in [5, 5.41) is 0. The molecule has 1 atom stereocenters. The molecule has 1 aromatic heterocycles. The molecule has 0 radical (unpaired) electrons. The van der Waals surface area contributed by atoms with Crippen molar-refractivity contribution in [3.8, 4) is 0 Å². The van der Waals surface area contributed by atoms with Gasteiger partial charge in [0.25, 0.3) is 0 Å². The minimum atomic E-state index is 0.597. The molecule has 0 spiro atoms. The Morgan fingerprint density at radius 2 is 0.786 bits per heavy atom. The number of hydrogen-bond donors (Lipinski definition) is 0. The van der Waals surface area contributed by atoms with Gasteiger partial charge in [0.2, 0.25) is 0 Å². The van der Waals surface area contributed by atoms with Crippen molar-refractivity contribution in [1.82, 2.24) is 9.55 Å². The van der Waals surface area contributed by atoms with Crippen LogP contribution in [0.15, 0.2) is 6.20 Å². The number of nitrogens with zero attached hydrogens (tertiary/aromatic N) is 2. The third kappa shape index (κ3) is 22.7. The summed E-state index contributed by atoms with van der Waals surface area (Å²) in [4.78, 5) is 5.19. The first-order chi connectivity index (χ1) is 20.7. The molecule has 2 nitrogen and oxygen atoms in total. The van der Waals surface area contributed by atoms with Crippen LogP contribution in [0.4, 0.5) is 0 Å². The minimum absolute atomic E-state index is 0.597. The number of aromatic nitrogens is 2. The number of aryl methyl sites for hydroxylation is 2. The maximum absolute atomic E-state index is 5.19. The maximum Gasteiger partial charge on any atom is 0.109 e. The Morgan fingerprint density at radius 3 is 1.17 bits per heavy atom. The van der Waals surface area contributed by atoms with Crippen molar-refractivity contribution >= 4 is 0 Å². The molecule has 2 heteroatoms. The first-order valence-corrected chi connectivity index (χ1v) is 19.8. The summed E-state index contributed by atoms with van der Waals surface area (Å²) in [6, 6.07) is 0.597. The van der Waals surface area contributed by atoms with Gasteiger partial charge in [-0.25, -0.2) is 4.98 Å². The molecule has 42 heavy (non-hydrogen) atoms. The zero-order valence-corrected chi connectivity index (χ0v) is 29.7. The lowest BCUT2D eigenvalue weighted by Gasteiger charge is -2.16. The van der Waals surface area contributed by atoms with E-state index in [2.05, 4.69) is 38.5 Å². The van der Waals surface area contributed by atoms with E-state index in [1.165, 1.54) is 217 Å². The highest BCUT2D eigenvalue weighted by Crippen LogP contribution is 2.21. The average molecular weight is 587 g/mol. The van der Waals surface area contributed by atoms with E-state index in [9.17, 15) is 0 Å². The summed E-state index contributed by atoms with van der Waals surface area (Å²) in [7, 11) is 0. The third-order valence-corrected chi connectivity index (χ3v) is 9.60. The van der Waals surface area contributed by atoms with E-state index in [-0.39, 0.29) is 0 Å². The highest BCUT2D eigenvalue weighted by Gasteiger charge is 2.13. The van der Waals surface area contributed by atoms with E-state index in [0.717, 1.165) is 0 Å². The third-order valence-electron chi connectivity index (χ3n) is 9.60. The van der Waals surface area contributed by atoms with Crippen LogP contribution in [0, 0.1) is 0 Å². The Balaban J connectivity index is 2.14. The normalized spacial score (nSPS) is 12.4. The zero-order valence-electron chi connectivity index (χ0n) is 29.7. The summed E-state index contributed by atoms with van der Waals surface area (Å²) in [5.41, 5.74) is 1.36. The molecular formula is C40H78N2. The van der Waals surface area contributed by atoms with Gasteiger partial charge < -0.3 is 4.57 Å². The fourth-order valence-corrected chi connectivity index (χ4v) is 6.61. The standard InChI is InChI=1S/C40H78N2/c1-5-8-11-13-15-17-19-20-21-22-23-24-25-27-29-31-33-36-40-41-39(37-42(40)38(4)34-10-7-3)35-32-30-28-26-18-16-14-12-9-6-2/h37-38H,5-36H2,1-4H3. The quantitative estimate of drug-likeness (QED) is 0.0749. The van der Waals surface area contributed by atoms with Gasteiger partial charge in [-0.2, -0.15) is 0 Å². The average Bonchev–Trinajstić information content (AvgIpc) is 3.41. The van der Waals surface area contributed by atoms with Gasteiger partial charge in [0.1, 0.15) is 5.82 Å². The van der Waals surface area contributed by atoms with E-state index in [0.29, 0.717) is 6.04 Å². The van der Waals surface area contributed by atoms with Gasteiger partial charge in [0, 0.05) is 18.7 Å². The molecule has 1 unspecified atom stereocenters. The highest BCUT2D eigenvalue weighted by atomic mass is 15.1. The molecule has 0 aliphatic rings. The van der Waals surface area contributed by atoms with Crippen molar-refractivity contribution < 1.29 is 0 Å². The van der Waals surface area contributed by atoms with Crippen molar-refractivity contribution in [2.24, 2.45) is 0 Å². The predicted molar refractivity (Wildman–Crippen MR) is 190 cm³/mol. The van der Waals surface area contributed by atoms with Crippen molar-refractivity contribution in [3.63, 3.8) is 0 Å². The van der Waals surface area contributed by atoms with Crippen LogP contribution < -0.4 is 0 Å². The molecule has 0 amide bonds. The van der Waals surface area contributed by atoms with Crippen LogP contribution in [-0.2, 0) is 12.8 Å². The van der Waals surface area contributed by atoms with Gasteiger partial charge in [-0.15, -0.1) is 0 Å². The molecule has 0 aliphatic heterocycles. The van der Waals surface area contributed by atoms with E-state index in [1.54, 1.807) is 0 Å². The molecule has 1 aromatic rings. The summed E-state index contributed by atoms with van der Waals surface area (Å²) in [6.45, 7) is 9.34. The number of hydrogen-bond acceptors (Lipinski definition) is 1. The second-order valence-electron chi connectivity index (χ2n) is 13.9. The lowest BCUT2D eigenvalue weighted by molar-refractivity contribution is 0.463. The van der Waals surface area contributed by atoms with Gasteiger partial charge in [-0.1, -0.05) is 194 Å².